The molecule has 1 aromatic carbocycles. The highest BCUT2D eigenvalue weighted by Gasteiger charge is 2.25. The maximum atomic E-state index is 9.95. The fourth-order valence-corrected chi connectivity index (χ4v) is 2.96. The third-order valence-corrected chi connectivity index (χ3v) is 3.95. The molecule has 3 rings (SSSR count). The minimum atomic E-state index is -0.219. The number of phenolic OH excluding ortho intramolecular Hbond substituents is 1. The lowest BCUT2D eigenvalue weighted by atomic mass is 9.86. The monoisotopic (exact) mass is 273 g/mol. The minimum absolute atomic E-state index is 0.0157. The molecule has 1 aliphatic carbocycles. The number of rotatable bonds is 4. The Morgan fingerprint density at radius 1 is 1.30 bits per heavy atom. The van der Waals surface area contributed by atoms with Crippen LogP contribution in [0.1, 0.15) is 41.8 Å². The fraction of sp³-hybridized carbons (Fsp3) is 0.375. The molecule has 0 amide bonds. The number of benzene rings is 1. The van der Waals surface area contributed by atoms with Crippen molar-refractivity contribution in [2.24, 2.45) is 0 Å². The summed E-state index contributed by atoms with van der Waals surface area (Å²) in [7, 11) is 0. The van der Waals surface area contributed by atoms with Gasteiger partial charge < -0.3 is 14.6 Å². The van der Waals surface area contributed by atoms with Crippen LogP contribution in [0.25, 0.3) is 0 Å². The van der Waals surface area contributed by atoms with Gasteiger partial charge >= 0.3 is 0 Å². The van der Waals surface area contributed by atoms with Gasteiger partial charge in [-0.1, -0.05) is 12.1 Å². The molecule has 3 N–H and O–H groups in total. The molecule has 1 aromatic heterocycles. The molecule has 4 heteroatoms. The average molecular weight is 273 g/mol. The zero-order valence-electron chi connectivity index (χ0n) is 11.2. The summed E-state index contributed by atoms with van der Waals surface area (Å²) >= 11 is 0. The molecule has 0 radical (unpaired) electrons. The highest BCUT2D eigenvalue weighted by Crippen LogP contribution is 2.35. The van der Waals surface area contributed by atoms with Gasteiger partial charge in [-0.3, -0.25) is 5.32 Å². The Labute approximate surface area is 118 Å². The highest BCUT2D eigenvalue weighted by molar-refractivity contribution is 5.42. The second-order valence-electron chi connectivity index (χ2n) is 5.21. The molecule has 0 spiro atoms. The standard InChI is InChI=1S/C16H19NO3/c18-10-14(16-8-3-9-20-16)17-13-6-1-5-12-11(13)4-2-7-15(12)19/h2-4,7-9,13-14,17-19H,1,5-6,10H2/t13-,14+/m1/s1. The Morgan fingerprint density at radius 3 is 2.95 bits per heavy atom. The summed E-state index contributed by atoms with van der Waals surface area (Å²) in [5, 5.41) is 22.9. The summed E-state index contributed by atoms with van der Waals surface area (Å²) in [5.74, 6) is 1.10. The molecule has 4 nitrogen and oxygen atoms in total. The van der Waals surface area contributed by atoms with Gasteiger partial charge in [0, 0.05) is 6.04 Å². The maximum absolute atomic E-state index is 9.95. The molecule has 0 unspecified atom stereocenters. The fourth-order valence-electron chi connectivity index (χ4n) is 2.96. The van der Waals surface area contributed by atoms with Crippen molar-refractivity contribution < 1.29 is 14.6 Å². The van der Waals surface area contributed by atoms with E-state index in [-0.39, 0.29) is 18.7 Å². The lowest BCUT2D eigenvalue weighted by Crippen LogP contribution is -2.31. The van der Waals surface area contributed by atoms with Crippen LogP contribution in [0.4, 0.5) is 0 Å². The van der Waals surface area contributed by atoms with Gasteiger partial charge in [-0.15, -0.1) is 0 Å². The predicted octanol–water partition coefficient (Wildman–Crippen LogP) is 2.69. The van der Waals surface area contributed by atoms with Gasteiger partial charge in [0.25, 0.3) is 0 Å². The predicted molar refractivity (Wildman–Crippen MR) is 75.5 cm³/mol. The molecular formula is C16H19NO3. The largest absolute Gasteiger partial charge is 0.508 e. The van der Waals surface area contributed by atoms with Crippen molar-refractivity contribution >= 4 is 0 Å². The molecular weight excluding hydrogens is 254 g/mol. The Morgan fingerprint density at radius 2 is 2.20 bits per heavy atom. The number of furan rings is 1. The summed E-state index contributed by atoms with van der Waals surface area (Å²) in [6.45, 7) is -0.0157. The smallest absolute Gasteiger partial charge is 0.123 e. The maximum Gasteiger partial charge on any atom is 0.123 e. The molecule has 0 saturated heterocycles. The van der Waals surface area contributed by atoms with Gasteiger partial charge in [0.05, 0.1) is 18.9 Å². The van der Waals surface area contributed by atoms with E-state index in [1.165, 1.54) is 0 Å². The number of fused-ring (bicyclic) bond motifs is 1. The van der Waals surface area contributed by atoms with Crippen LogP contribution in [0.3, 0.4) is 0 Å². The molecule has 106 valence electrons. The van der Waals surface area contributed by atoms with E-state index in [9.17, 15) is 10.2 Å². The summed E-state index contributed by atoms with van der Waals surface area (Å²) in [4.78, 5) is 0. The van der Waals surface area contributed by atoms with E-state index in [1.807, 2.05) is 24.3 Å². The van der Waals surface area contributed by atoms with Gasteiger partial charge in [0.1, 0.15) is 11.5 Å². The molecule has 0 bridgehead atoms. The first kappa shape index (κ1) is 13.2. The Hall–Kier alpha value is -1.78. The number of aliphatic hydroxyl groups is 1. The van der Waals surface area contributed by atoms with Crippen LogP contribution in [0.5, 0.6) is 5.75 Å². The van der Waals surface area contributed by atoms with Crippen LogP contribution in [0.15, 0.2) is 41.0 Å². The van der Waals surface area contributed by atoms with E-state index < -0.39 is 0 Å². The lowest BCUT2D eigenvalue weighted by Gasteiger charge is -2.29. The normalized spacial score (nSPS) is 19.6. The summed E-state index contributed by atoms with van der Waals surface area (Å²) in [6.07, 6.45) is 4.54. The number of aliphatic hydroxyl groups excluding tert-OH is 1. The summed E-state index contributed by atoms with van der Waals surface area (Å²) in [6, 6.07) is 9.24. The van der Waals surface area contributed by atoms with Crippen LogP contribution in [-0.4, -0.2) is 16.8 Å². The van der Waals surface area contributed by atoms with Gasteiger partial charge in [-0.2, -0.15) is 0 Å². The van der Waals surface area contributed by atoms with Crippen molar-refractivity contribution in [1.29, 1.82) is 0 Å². The molecule has 0 fully saturated rings. The van der Waals surface area contributed by atoms with Crippen molar-refractivity contribution in [3.63, 3.8) is 0 Å². The minimum Gasteiger partial charge on any atom is -0.508 e. The lowest BCUT2D eigenvalue weighted by molar-refractivity contribution is 0.210. The van der Waals surface area contributed by atoms with E-state index in [0.29, 0.717) is 5.75 Å². The second-order valence-corrected chi connectivity index (χ2v) is 5.21. The number of hydrogen-bond acceptors (Lipinski definition) is 4. The highest BCUT2D eigenvalue weighted by atomic mass is 16.3. The van der Waals surface area contributed by atoms with Gasteiger partial charge in [0.15, 0.2) is 0 Å². The van der Waals surface area contributed by atoms with Crippen LogP contribution >= 0.6 is 0 Å². The van der Waals surface area contributed by atoms with Crippen molar-refractivity contribution in [3.8, 4) is 5.75 Å². The second kappa shape index (κ2) is 5.69. The van der Waals surface area contributed by atoms with Crippen molar-refractivity contribution in [3.05, 3.63) is 53.5 Å². The number of phenols is 1. The average Bonchev–Trinajstić information content (AvgIpc) is 2.99. The zero-order chi connectivity index (χ0) is 13.9. The Bertz CT molecular complexity index is 565. The topological polar surface area (TPSA) is 65.6 Å². The first-order chi connectivity index (χ1) is 9.79. The SMILES string of the molecule is OC[C@H](N[C@@H]1CCCc2c(O)cccc21)c1ccco1. The molecule has 1 aliphatic rings. The van der Waals surface area contributed by atoms with Crippen molar-refractivity contribution in [2.75, 3.05) is 6.61 Å². The Balaban J connectivity index is 1.84. The zero-order valence-corrected chi connectivity index (χ0v) is 11.2. The Kier molecular flexibility index (Phi) is 3.76. The molecule has 0 aliphatic heterocycles. The summed E-state index contributed by atoms with van der Waals surface area (Å²) in [5.41, 5.74) is 2.15. The molecule has 1 heterocycles. The number of aromatic hydroxyl groups is 1. The van der Waals surface area contributed by atoms with Crippen molar-refractivity contribution in [2.45, 2.75) is 31.3 Å². The van der Waals surface area contributed by atoms with Crippen LogP contribution in [-0.2, 0) is 6.42 Å². The molecule has 20 heavy (non-hydrogen) atoms. The van der Waals surface area contributed by atoms with E-state index in [4.69, 9.17) is 4.42 Å². The van der Waals surface area contributed by atoms with E-state index in [2.05, 4.69) is 5.32 Å². The van der Waals surface area contributed by atoms with Crippen LogP contribution in [0.2, 0.25) is 0 Å². The first-order valence-corrected chi connectivity index (χ1v) is 7.00. The first-order valence-electron chi connectivity index (χ1n) is 7.00. The summed E-state index contributed by atoms with van der Waals surface area (Å²) < 4.78 is 5.37. The molecule has 2 aromatic rings. The third-order valence-electron chi connectivity index (χ3n) is 3.95. The van der Waals surface area contributed by atoms with Gasteiger partial charge in [-0.25, -0.2) is 0 Å². The molecule has 0 saturated carbocycles. The quantitative estimate of drug-likeness (QED) is 0.801. The van der Waals surface area contributed by atoms with E-state index >= 15 is 0 Å². The van der Waals surface area contributed by atoms with Crippen molar-refractivity contribution in [1.82, 2.24) is 5.32 Å². The van der Waals surface area contributed by atoms with E-state index in [0.717, 1.165) is 36.1 Å². The van der Waals surface area contributed by atoms with Crippen LogP contribution in [0, 0.1) is 0 Å². The van der Waals surface area contributed by atoms with E-state index in [1.54, 1.807) is 12.3 Å². The van der Waals surface area contributed by atoms with Gasteiger partial charge in [0.2, 0.25) is 0 Å². The molecule has 2 atom stereocenters. The number of nitrogens with one attached hydrogen (secondary N) is 1. The number of hydrogen-bond donors (Lipinski definition) is 3. The van der Waals surface area contributed by atoms with Gasteiger partial charge in [-0.05, 0) is 48.6 Å². The van der Waals surface area contributed by atoms with Crippen LogP contribution < -0.4 is 5.32 Å². The third kappa shape index (κ3) is 2.44.